The largest absolute Gasteiger partial charge is 0.586 e. The van der Waals surface area contributed by atoms with Crippen LogP contribution in [0.4, 0.5) is 25.0 Å². The predicted molar refractivity (Wildman–Crippen MR) is 84.7 cm³/mol. The molecule has 1 aliphatic heterocycles. The second-order valence-electron chi connectivity index (χ2n) is 5.44. The summed E-state index contributed by atoms with van der Waals surface area (Å²) in [6, 6.07) is 8.06. The first kappa shape index (κ1) is 17.4. The number of hydrogen-bond acceptors (Lipinski definition) is 5. The number of non-ortho nitro benzene ring substituents is 1. The average molecular weight is 366 g/mol. The van der Waals surface area contributed by atoms with Crippen LogP contribution in [0.2, 0.25) is 0 Å². The number of nitro groups is 1. The highest BCUT2D eigenvalue weighted by atomic mass is 19.3. The number of para-hydroxylation sites is 1. The first-order valence-electron chi connectivity index (χ1n) is 7.35. The van der Waals surface area contributed by atoms with Gasteiger partial charge in [0.1, 0.15) is 0 Å². The van der Waals surface area contributed by atoms with Crippen molar-refractivity contribution in [2.75, 3.05) is 4.90 Å². The fourth-order valence-corrected chi connectivity index (χ4v) is 2.69. The number of fused-ring (bicyclic) bond motifs is 1. The van der Waals surface area contributed by atoms with Crippen LogP contribution in [-0.4, -0.2) is 22.4 Å². The van der Waals surface area contributed by atoms with Crippen molar-refractivity contribution >= 4 is 17.5 Å². The van der Waals surface area contributed by atoms with Crippen molar-refractivity contribution in [1.29, 1.82) is 0 Å². The first-order chi connectivity index (χ1) is 12.2. The SMILES string of the molecule is CC(c1cccc2c1OC(F)(F)O2)N(C(=O)O)c1ccc([N+](=O)[O-])cc1. The molecule has 1 heterocycles. The summed E-state index contributed by atoms with van der Waals surface area (Å²) in [5, 5.41) is 20.3. The van der Waals surface area contributed by atoms with Gasteiger partial charge in [-0.1, -0.05) is 12.1 Å². The second kappa shape index (κ2) is 6.14. The Morgan fingerprint density at radius 1 is 1.23 bits per heavy atom. The van der Waals surface area contributed by atoms with Crippen LogP contribution in [0.1, 0.15) is 18.5 Å². The first-order valence-corrected chi connectivity index (χ1v) is 7.35. The van der Waals surface area contributed by atoms with E-state index >= 15 is 0 Å². The zero-order valence-electron chi connectivity index (χ0n) is 13.3. The molecule has 26 heavy (non-hydrogen) atoms. The summed E-state index contributed by atoms with van der Waals surface area (Å²) >= 11 is 0. The topological polar surface area (TPSA) is 102 Å². The van der Waals surface area contributed by atoms with E-state index in [1.54, 1.807) is 0 Å². The lowest BCUT2D eigenvalue weighted by atomic mass is 10.0. The van der Waals surface area contributed by atoms with Gasteiger partial charge in [-0.15, -0.1) is 8.78 Å². The Morgan fingerprint density at radius 3 is 2.46 bits per heavy atom. The van der Waals surface area contributed by atoms with Crippen LogP contribution in [0.5, 0.6) is 11.5 Å². The third-order valence-electron chi connectivity index (χ3n) is 3.84. The van der Waals surface area contributed by atoms with Gasteiger partial charge >= 0.3 is 12.4 Å². The molecule has 2 aromatic carbocycles. The fraction of sp³-hybridized carbons (Fsp3) is 0.188. The van der Waals surface area contributed by atoms with Crippen LogP contribution in [0.3, 0.4) is 0 Å². The maximum Gasteiger partial charge on any atom is 0.586 e. The van der Waals surface area contributed by atoms with E-state index in [1.807, 2.05) is 0 Å². The van der Waals surface area contributed by atoms with E-state index in [0.717, 1.165) is 17.0 Å². The summed E-state index contributed by atoms with van der Waals surface area (Å²) in [5.41, 5.74) is 0.100. The number of alkyl halides is 2. The highest BCUT2D eigenvalue weighted by Gasteiger charge is 2.45. The number of nitro benzene ring substituents is 1. The molecule has 0 aliphatic carbocycles. The number of carboxylic acid groups (broad SMARTS) is 1. The van der Waals surface area contributed by atoms with Gasteiger partial charge in [-0.2, -0.15) is 0 Å². The second-order valence-corrected chi connectivity index (χ2v) is 5.44. The van der Waals surface area contributed by atoms with E-state index in [-0.39, 0.29) is 28.4 Å². The van der Waals surface area contributed by atoms with Gasteiger partial charge in [0.25, 0.3) is 5.69 Å². The minimum Gasteiger partial charge on any atom is -0.465 e. The summed E-state index contributed by atoms with van der Waals surface area (Å²) < 4.78 is 35.6. The van der Waals surface area contributed by atoms with Gasteiger partial charge in [-0.3, -0.25) is 15.0 Å². The Kier molecular flexibility index (Phi) is 4.10. The van der Waals surface area contributed by atoms with Gasteiger partial charge in [0.15, 0.2) is 11.5 Å². The van der Waals surface area contributed by atoms with Gasteiger partial charge in [0.2, 0.25) is 0 Å². The van der Waals surface area contributed by atoms with Crippen LogP contribution in [0.25, 0.3) is 0 Å². The van der Waals surface area contributed by atoms with Crippen molar-refractivity contribution in [3.63, 3.8) is 0 Å². The molecule has 10 heteroatoms. The maximum absolute atomic E-state index is 13.3. The van der Waals surface area contributed by atoms with Gasteiger partial charge in [-0.05, 0) is 25.1 Å². The molecule has 0 spiro atoms. The summed E-state index contributed by atoms with van der Waals surface area (Å²) in [5.74, 6) is -0.452. The zero-order valence-corrected chi connectivity index (χ0v) is 13.3. The van der Waals surface area contributed by atoms with Gasteiger partial charge < -0.3 is 14.6 Å². The number of hydrogen-bond donors (Lipinski definition) is 1. The van der Waals surface area contributed by atoms with Crippen molar-refractivity contribution in [3.05, 3.63) is 58.1 Å². The van der Waals surface area contributed by atoms with E-state index in [2.05, 4.69) is 9.47 Å². The van der Waals surface area contributed by atoms with E-state index in [0.29, 0.717) is 0 Å². The van der Waals surface area contributed by atoms with E-state index in [9.17, 15) is 28.8 Å². The summed E-state index contributed by atoms with van der Waals surface area (Å²) in [6.45, 7) is 1.48. The lowest BCUT2D eigenvalue weighted by Crippen LogP contribution is -2.32. The van der Waals surface area contributed by atoms with Gasteiger partial charge in [0.05, 0.1) is 11.0 Å². The lowest BCUT2D eigenvalue weighted by Gasteiger charge is -2.27. The minimum absolute atomic E-state index is 0.138. The van der Waals surface area contributed by atoms with Crippen molar-refractivity contribution < 1.29 is 33.1 Å². The minimum atomic E-state index is -3.83. The molecule has 1 N–H and O–H groups in total. The van der Waals surface area contributed by atoms with Crippen LogP contribution >= 0.6 is 0 Å². The molecule has 3 rings (SSSR count). The van der Waals surface area contributed by atoms with Crippen molar-refractivity contribution in [2.24, 2.45) is 0 Å². The zero-order chi connectivity index (χ0) is 19.1. The monoisotopic (exact) mass is 366 g/mol. The summed E-state index contributed by atoms with van der Waals surface area (Å²) in [7, 11) is 0. The van der Waals surface area contributed by atoms with Crippen molar-refractivity contribution in [2.45, 2.75) is 19.3 Å². The standard InChI is InChI=1S/C16H12F2N2O6/c1-9(12-3-2-4-13-14(12)26-16(17,18)25-13)19(15(21)22)10-5-7-11(8-6-10)20(23)24/h2-9H,1H3,(H,21,22). The molecule has 0 saturated carbocycles. The predicted octanol–water partition coefficient (Wildman–Crippen LogP) is 4.16. The molecule has 1 amide bonds. The molecule has 1 unspecified atom stereocenters. The Bertz CT molecular complexity index is 872. The van der Waals surface area contributed by atoms with Gasteiger partial charge in [0, 0.05) is 23.4 Å². The Hall–Kier alpha value is -3.43. The smallest absolute Gasteiger partial charge is 0.465 e. The van der Waals surface area contributed by atoms with Gasteiger partial charge in [-0.25, -0.2) is 4.79 Å². The molecular formula is C16H12F2N2O6. The van der Waals surface area contributed by atoms with E-state index in [4.69, 9.17) is 0 Å². The number of halogens is 2. The fourth-order valence-electron chi connectivity index (χ4n) is 2.69. The molecule has 0 saturated heterocycles. The average Bonchev–Trinajstić information content (AvgIpc) is 2.88. The van der Waals surface area contributed by atoms with Crippen molar-refractivity contribution in [3.8, 4) is 11.5 Å². The molecule has 1 aliphatic rings. The number of benzene rings is 2. The number of nitrogens with zero attached hydrogens (tertiary/aromatic N) is 2. The molecule has 2 aromatic rings. The normalized spacial score (nSPS) is 15.3. The third kappa shape index (κ3) is 3.08. The Morgan fingerprint density at radius 2 is 1.88 bits per heavy atom. The number of amides is 1. The number of anilines is 1. The van der Waals surface area contributed by atoms with Crippen LogP contribution in [-0.2, 0) is 0 Å². The van der Waals surface area contributed by atoms with E-state index < -0.39 is 23.4 Å². The maximum atomic E-state index is 13.3. The number of ether oxygens (including phenoxy) is 2. The molecule has 0 radical (unpaired) electrons. The highest BCUT2D eigenvalue weighted by Crippen LogP contribution is 2.46. The number of rotatable bonds is 4. The third-order valence-corrected chi connectivity index (χ3v) is 3.84. The molecule has 136 valence electrons. The summed E-state index contributed by atoms with van der Waals surface area (Å²) in [4.78, 5) is 22.7. The van der Waals surface area contributed by atoms with Crippen LogP contribution < -0.4 is 14.4 Å². The summed E-state index contributed by atoms with van der Waals surface area (Å²) in [6.07, 6.45) is -5.20. The Balaban J connectivity index is 1.99. The molecule has 1 atom stereocenters. The molecule has 8 nitrogen and oxygen atoms in total. The van der Waals surface area contributed by atoms with E-state index in [1.165, 1.54) is 37.3 Å². The quantitative estimate of drug-likeness (QED) is 0.644. The molecule has 0 aromatic heterocycles. The van der Waals surface area contributed by atoms with Crippen molar-refractivity contribution in [1.82, 2.24) is 0 Å². The van der Waals surface area contributed by atoms with Crippen LogP contribution in [0, 0.1) is 10.1 Å². The number of carbonyl (C=O) groups is 1. The van der Waals surface area contributed by atoms with Crippen LogP contribution in [0.15, 0.2) is 42.5 Å². The Labute approximate surface area is 145 Å². The molecular weight excluding hydrogens is 354 g/mol. The highest BCUT2D eigenvalue weighted by molar-refractivity contribution is 5.87. The molecule has 0 bridgehead atoms. The molecule has 0 fully saturated rings. The lowest BCUT2D eigenvalue weighted by molar-refractivity contribution is -0.384.